The minimum atomic E-state index is 0.801. The van der Waals surface area contributed by atoms with Gasteiger partial charge in [0.25, 0.3) is 0 Å². The number of hydrogen-bond donors (Lipinski definition) is 1. The van der Waals surface area contributed by atoms with E-state index >= 15 is 0 Å². The van der Waals surface area contributed by atoms with Gasteiger partial charge in [0.05, 0.1) is 0 Å². The zero-order valence-electron chi connectivity index (χ0n) is 9.47. The normalized spacial score (nSPS) is 34.1. The minimum Gasteiger partial charge on any atom is -0.313 e. The molecular formula is C12H24N2. The van der Waals surface area contributed by atoms with E-state index in [1.165, 1.54) is 58.3 Å². The Labute approximate surface area is 88.1 Å². The Bertz CT molecular complexity index is 164. The molecule has 0 aliphatic carbocycles. The highest BCUT2D eigenvalue weighted by Crippen LogP contribution is 2.21. The molecule has 2 heteroatoms. The second-order valence-electron chi connectivity index (χ2n) is 5.00. The number of nitrogens with one attached hydrogen (secondary N) is 1. The van der Waals surface area contributed by atoms with Gasteiger partial charge in [0, 0.05) is 19.1 Å². The van der Waals surface area contributed by atoms with E-state index in [1.807, 2.05) is 0 Å². The molecule has 1 N–H and O–H groups in total. The number of nitrogens with zero attached hydrogens (tertiary/aromatic N) is 1. The summed E-state index contributed by atoms with van der Waals surface area (Å²) >= 11 is 0. The van der Waals surface area contributed by atoms with E-state index in [9.17, 15) is 0 Å². The van der Waals surface area contributed by atoms with E-state index in [-0.39, 0.29) is 0 Å². The summed E-state index contributed by atoms with van der Waals surface area (Å²) in [5, 5.41) is 3.59. The van der Waals surface area contributed by atoms with Gasteiger partial charge >= 0.3 is 0 Å². The molecule has 1 unspecified atom stereocenters. The zero-order chi connectivity index (χ0) is 9.80. The first-order valence-electron chi connectivity index (χ1n) is 6.34. The van der Waals surface area contributed by atoms with Gasteiger partial charge in [0.1, 0.15) is 0 Å². The molecule has 2 aliphatic rings. The zero-order valence-corrected chi connectivity index (χ0v) is 9.47. The monoisotopic (exact) mass is 196 g/mol. The van der Waals surface area contributed by atoms with Crippen LogP contribution in [0.25, 0.3) is 0 Å². The molecule has 0 aromatic carbocycles. The SMILES string of the molecule is CCCC1CCN(C[C@@H]2CCCN2)C1. The van der Waals surface area contributed by atoms with Crippen molar-refractivity contribution in [1.82, 2.24) is 10.2 Å². The summed E-state index contributed by atoms with van der Waals surface area (Å²) in [5.41, 5.74) is 0. The van der Waals surface area contributed by atoms with Gasteiger partial charge in [-0.05, 0) is 44.7 Å². The number of likely N-dealkylation sites (tertiary alicyclic amines) is 1. The van der Waals surface area contributed by atoms with Gasteiger partial charge in [-0.25, -0.2) is 0 Å². The molecule has 82 valence electrons. The van der Waals surface area contributed by atoms with Crippen molar-refractivity contribution in [2.45, 2.75) is 45.1 Å². The maximum Gasteiger partial charge on any atom is 0.0195 e. The number of rotatable bonds is 4. The summed E-state index contributed by atoms with van der Waals surface area (Å²) in [6.07, 6.45) is 7.03. The topological polar surface area (TPSA) is 15.3 Å². The van der Waals surface area contributed by atoms with Gasteiger partial charge < -0.3 is 10.2 Å². The Kier molecular flexibility index (Phi) is 3.82. The maximum atomic E-state index is 3.59. The Morgan fingerprint density at radius 1 is 1.36 bits per heavy atom. The molecule has 0 radical (unpaired) electrons. The Balaban J connectivity index is 1.67. The fraction of sp³-hybridized carbons (Fsp3) is 1.00. The minimum absolute atomic E-state index is 0.801. The van der Waals surface area contributed by atoms with Gasteiger partial charge in [0.15, 0.2) is 0 Å². The van der Waals surface area contributed by atoms with E-state index in [2.05, 4.69) is 17.1 Å². The van der Waals surface area contributed by atoms with Gasteiger partial charge in [-0.15, -0.1) is 0 Å². The highest BCUT2D eigenvalue weighted by molar-refractivity contribution is 4.82. The molecule has 2 heterocycles. The van der Waals surface area contributed by atoms with Crippen LogP contribution in [0.3, 0.4) is 0 Å². The van der Waals surface area contributed by atoms with Gasteiger partial charge in [-0.2, -0.15) is 0 Å². The van der Waals surface area contributed by atoms with Gasteiger partial charge in [-0.3, -0.25) is 0 Å². The molecule has 2 atom stereocenters. The van der Waals surface area contributed by atoms with E-state index < -0.39 is 0 Å². The van der Waals surface area contributed by atoms with Crippen molar-refractivity contribution in [2.75, 3.05) is 26.2 Å². The lowest BCUT2D eigenvalue weighted by Gasteiger charge is -2.20. The summed E-state index contributed by atoms with van der Waals surface area (Å²) in [4.78, 5) is 2.67. The Hall–Kier alpha value is -0.0800. The standard InChI is InChI=1S/C12H24N2/c1-2-4-11-6-8-14(9-11)10-12-5-3-7-13-12/h11-13H,2-10H2,1H3/t11?,12-/m0/s1. The summed E-state index contributed by atoms with van der Waals surface area (Å²) in [6, 6.07) is 0.801. The Morgan fingerprint density at radius 3 is 3.00 bits per heavy atom. The third kappa shape index (κ3) is 2.71. The van der Waals surface area contributed by atoms with E-state index in [4.69, 9.17) is 0 Å². The first-order chi connectivity index (χ1) is 6.88. The lowest BCUT2D eigenvalue weighted by atomic mass is 10.0. The predicted octanol–water partition coefficient (Wildman–Crippen LogP) is 1.86. The molecule has 2 aliphatic heterocycles. The van der Waals surface area contributed by atoms with Crippen LogP contribution in [0.15, 0.2) is 0 Å². The van der Waals surface area contributed by atoms with Crippen molar-refractivity contribution in [2.24, 2.45) is 5.92 Å². The van der Waals surface area contributed by atoms with E-state index in [1.54, 1.807) is 0 Å². The van der Waals surface area contributed by atoms with Crippen molar-refractivity contribution in [1.29, 1.82) is 0 Å². The fourth-order valence-electron chi connectivity index (χ4n) is 2.95. The van der Waals surface area contributed by atoms with Crippen LogP contribution in [0.4, 0.5) is 0 Å². The largest absolute Gasteiger partial charge is 0.313 e. The molecule has 2 fully saturated rings. The first-order valence-corrected chi connectivity index (χ1v) is 6.34. The lowest BCUT2D eigenvalue weighted by Crippen LogP contribution is -2.36. The fourth-order valence-corrected chi connectivity index (χ4v) is 2.95. The molecule has 2 nitrogen and oxygen atoms in total. The summed E-state index contributed by atoms with van der Waals surface area (Å²) < 4.78 is 0. The average molecular weight is 196 g/mol. The van der Waals surface area contributed by atoms with E-state index in [0.29, 0.717) is 0 Å². The first kappa shape index (κ1) is 10.4. The Morgan fingerprint density at radius 2 is 2.29 bits per heavy atom. The van der Waals surface area contributed by atoms with Crippen molar-refractivity contribution >= 4 is 0 Å². The summed E-state index contributed by atoms with van der Waals surface area (Å²) in [6.45, 7) is 7.58. The van der Waals surface area contributed by atoms with E-state index in [0.717, 1.165) is 12.0 Å². The maximum absolute atomic E-state index is 3.59. The summed E-state index contributed by atoms with van der Waals surface area (Å²) in [7, 11) is 0. The smallest absolute Gasteiger partial charge is 0.0195 e. The van der Waals surface area contributed by atoms with Crippen molar-refractivity contribution in [3.05, 3.63) is 0 Å². The third-order valence-electron chi connectivity index (χ3n) is 3.71. The van der Waals surface area contributed by atoms with Crippen molar-refractivity contribution in [3.63, 3.8) is 0 Å². The van der Waals surface area contributed by atoms with Crippen LogP contribution in [-0.2, 0) is 0 Å². The molecule has 2 rings (SSSR count). The van der Waals surface area contributed by atoms with Crippen LogP contribution < -0.4 is 5.32 Å². The van der Waals surface area contributed by atoms with Crippen LogP contribution in [-0.4, -0.2) is 37.1 Å². The molecule has 0 aromatic rings. The highest BCUT2D eigenvalue weighted by atomic mass is 15.2. The van der Waals surface area contributed by atoms with Crippen LogP contribution in [0, 0.1) is 5.92 Å². The van der Waals surface area contributed by atoms with Crippen LogP contribution >= 0.6 is 0 Å². The molecule has 0 amide bonds. The average Bonchev–Trinajstić information content (AvgIpc) is 2.79. The van der Waals surface area contributed by atoms with Crippen molar-refractivity contribution < 1.29 is 0 Å². The quantitative estimate of drug-likeness (QED) is 0.738. The van der Waals surface area contributed by atoms with Crippen LogP contribution in [0.2, 0.25) is 0 Å². The van der Waals surface area contributed by atoms with Crippen molar-refractivity contribution in [3.8, 4) is 0 Å². The molecule has 14 heavy (non-hydrogen) atoms. The molecular weight excluding hydrogens is 172 g/mol. The molecule has 0 spiro atoms. The summed E-state index contributed by atoms with van der Waals surface area (Å²) in [5.74, 6) is 1.00. The third-order valence-corrected chi connectivity index (χ3v) is 3.71. The van der Waals surface area contributed by atoms with Gasteiger partial charge in [0.2, 0.25) is 0 Å². The van der Waals surface area contributed by atoms with Gasteiger partial charge in [-0.1, -0.05) is 13.3 Å². The molecule has 2 saturated heterocycles. The molecule has 0 aromatic heterocycles. The second kappa shape index (κ2) is 5.13. The lowest BCUT2D eigenvalue weighted by molar-refractivity contribution is 0.289. The molecule has 0 bridgehead atoms. The predicted molar refractivity (Wildman–Crippen MR) is 60.5 cm³/mol. The number of hydrogen-bond acceptors (Lipinski definition) is 2. The second-order valence-corrected chi connectivity index (χ2v) is 5.00. The highest BCUT2D eigenvalue weighted by Gasteiger charge is 2.24. The molecule has 0 saturated carbocycles. The van der Waals surface area contributed by atoms with Crippen LogP contribution in [0.5, 0.6) is 0 Å². The van der Waals surface area contributed by atoms with Crippen LogP contribution in [0.1, 0.15) is 39.0 Å².